The minimum absolute atomic E-state index is 0.104. The zero-order valence-electron chi connectivity index (χ0n) is 19.5. The van der Waals surface area contributed by atoms with E-state index < -0.39 is 10.0 Å². The van der Waals surface area contributed by atoms with Gasteiger partial charge in [-0.05, 0) is 29.7 Å². The molecule has 0 bridgehead atoms. The molecule has 8 nitrogen and oxygen atoms in total. The largest absolute Gasteiger partial charge is 0.351 e. The van der Waals surface area contributed by atoms with Crippen LogP contribution in [0.2, 0.25) is 0 Å². The maximum absolute atomic E-state index is 12.6. The molecular weight excluding hydrogens is 440 g/mol. The molecule has 3 rings (SSSR count). The van der Waals surface area contributed by atoms with Crippen molar-refractivity contribution in [3.63, 3.8) is 0 Å². The maximum Gasteiger partial charge on any atom is 0.242 e. The van der Waals surface area contributed by atoms with E-state index in [1.807, 2.05) is 41.0 Å². The van der Waals surface area contributed by atoms with Crippen molar-refractivity contribution >= 4 is 21.8 Å². The van der Waals surface area contributed by atoms with Crippen LogP contribution in [0.15, 0.2) is 53.4 Å². The predicted octanol–water partition coefficient (Wildman–Crippen LogP) is 1.25. The second-order valence-corrected chi connectivity index (χ2v) is 10.6. The fourth-order valence-electron chi connectivity index (χ4n) is 3.79. The molecule has 1 heterocycles. The molecule has 1 saturated heterocycles. The van der Waals surface area contributed by atoms with Gasteiger partial charge in [-0.1, -0.05) is 42.5 Å². The van der Waals surface area contributed by atoms with E-state index in [1.165, 1.54) is 14.1 Å². The Morgan fingerprint density at radius 1 is 0.939 bits per heavy atom. The van der Waals surface area contributed by atoms with Crippen LogP contribution >= 0.6 is 0 Å². The number of sulfonamides is 1. The number of rotatable bonds is 8. The normalized spacial score (nSPS) is 15.0. The molecule has 33 heavy (non-hydrogen) atoms. The van der Waals surface area contributed by atoms with E-state index >= 15 is 0 Å². The lowest BCUT2D eigenvalue weighted by Crippen LogP contribution is -2.51. The van der Waals surface area contributed by atoms with Crippen LogP contribution in [0, 0.1) is 6.92 Å². The molecule has 9 heteroatoms. The predicted molar refractivity (Wildman–Crippen MR) is 127 cm³/mol. The monoisotopic (exact) mass is 472 g/mol. The SMILES string of the molecule is Cc1ccccc1CC(=O)N1CCN(CC(=O)NCc2ccccc2S(=O)(=O)N(C)C)CC1. The second-order valence-electron chi connectivity index (χ2n) is 8.43. The van der Waals surface area contributed by atoms with E-state index in [-0.39, 0.29) is 29.8 Å². The average molecular weight is 473 g/mol. The van der Waals surface area contributed by atoms with Gasteiger partial charge in [0.1, 0.15) is 0 Å². The highest BCUT2D eigenvalue weighted by Crippen LogP contribution is 2.18. The fourth-order valence-corrected chi connectivity index (χ4v) is 4.91. The van der Waals surface area contributed by atoms with Gasteiger partial charge in [0.15, 0.2) is 0 Å². The van der Waals surface area contributed by atoms with Crippen molar-refractivity contribution in [1.82, 2.24) is 19.4 Å². The standard InChI is InChI=1S/C24H32N4O4S/c1-19-8-4-5-9-20(19)16-24(30)28-14-12-27(13-15-28)18-23(29)25-17-21-10-6-7-11-22(21)33(31,32)26(2)3/h4-11H,12-18H2,1-3H3,(H,25,29). The van der Waals surface area contributed by atoms with Gasteiger partial charge in [0, 0.05) is 46.8 Å². The molecule has 0 spiro atoms. The molecule has 1 fully saturated rings. The van der Waals surface area contributed by atoms with Crippen molar-refractivity contribution in [2.75, 3.05) is 46.8 Å². The van der Waals surface area contributed by atoms with Crippen molar-refractivity contribution in [2.24, 2.45) is 0 Å². The highest BCUT2D eigenvalue weighted by atomic mass is 32.2. The Kier molecular flexibility index (Phi) is 8.23. The Hall–Kier alpha value is -2.75. The minimum atomic E-state index is -3.59. The van der Waals surface area contributed by atoms with E-state index in [9.17, 15) is 18.0 Å². The lowest BCUT2D eigenvalue weighted by molar-refractivity contribution is -0.132. The molecule has 0 unspecified atom stereocenters. The molecule has 1 aliphatic heterocycles. The Morgan fingerprint density at radius 2 is 1.55 bits per heavy atom. The Morgan fingerprint density at radius 3 is 2.18 bits per heavy atom. The Balaban J connectivity index is 1.48. The number of aryl methyl sites for hydroxylation is 1. The van der Waals surface area contributed by atoms with Crippen LogP contribution in [-0.2, 0) is 32.6 Å². The van der Waals surface area contributed by atoms with Crippen molar-refractivity contribution in [2.45, 2.75) is 24.8 Å². The first kappa shape index (κ1) is 24.9. The molecule has 2 aromatic carbocycles. The first-order valence-corrected chi connectivity index (χ1v) is 12.4. The van der Waals surface area contributed by atoms with Crippen LogP contribution in [-0.4, -0.2) is 81.2 Å². The van der Waals surface area contributed by atoms with E-state index in [1.54, 1.807) is 24.3 Å². The summed E-state index contributed by atoms with van der Waals surface area (Å²) in [5, 5.41) is 2.83. The summed E-state index contributed by atoms with van der Waals surface area (Å²) in [6.07, 6.45) is 0.391. The number of carbonyl (C=O) groups excluding carboxylic acids is 2. The third kappa shape index (κ3) is 6.40. The van der Waals surface area contributed by atoms with Crippen LogP contribution in [0.4, 0.5) is 0 Å². The van der Waals surface area contributed by atoms with Crippen molar-refractivity contribution in [1.29, 1.82) is 0 Å². The van der Waals surface area contributed by atoms with Gasteiger partial charge in [0.2, 0.25) is 21.8 Å². The van der Waals surface area contributed by atoms with Crippen LogP contribution in [0.1, 0.15) is 16.7 Å². The zero-order valence-corrected chi connectivity index (χ0v) is 20.3. The molecule has 1 aliphatic rings. The van der Waals surface area contributed by atoms with Crippen LogP contribution in [0.25, 0.3) is 0 Å². The lowest BCUT2D eigenvalue weighted by atomic mass is 10.1. The number of nitrogens with one attached hydrogen (secondary N) is 1. The van der Waals surface area contributed by atoms with Gasteiger partial charge in [-0.2, -0.15) is 0 Å². The summed E-state index contributed by atoms with van der Waals surface area (Å²) in [6.45, 7) is 4.77. The van der Waals surface area contributed by atoms with Gasteiger partial charge in [-0.15, -0.1) is 0 Å². The summed E-state index contributed by atoms with van der Waals surface area (Å²) in [4.78, 5) is 29.2. The summed E-state index contributed by atoms with van der Waals surface area (Å²) in [5.74, 6) is -0.0705. The molecular formula is C24H32N4O4S. The minimum Gasteiger partial charge on any atom is -0.351 e. The van der Waals surface area contributed by atoms with Crippen molar-refractivity contribution in [3.8, 4) is 0 Å². The van der Waals surface area contributed by atoms with Gasteiger partial charge < -0.3 is 10.2 Å². The molecule has 0 aromatic heterocycles. The number of nitrogens with zero attached hydrogens (tertiary/aromatic N) is 3. The third-order valence-electron chi connectivity index (χ3n) is 5.90. The number of hydrogen-bond donors (Lipinski definition) is 1. The summed E-state index contributed by atoms with van der Waals surface area (Å²) in [6, 6.07) is 14.6. The van der Waals surface area contributed by atoms with Gasteiger partial charge in [0.05, 0.1) is 17.9 Å². The number of amides is 2. The molecule has 0 radical (unpaired) electrons. The number of carbonyl (C=O) groups is 2. The summed E-state index contributed by atoms with van der Waals surface area (Å²) in [5.41, 5.74) is 2.70. The van der Waals surface area contributed by atoms with E-state index in [2.05, 4.69) is 5.32 Å². The van der Waals surface area contributed by atoms with Gasteiger partial charge >= 0.3 is 0 Å². The van der Waals surface area contributed by atoms with Crippen LogP contribution in [0.3, 0.4) is 0 Å². The fraction of sp³-hybridized carbons (Fsp3) is 0.417. The number of piperazine rings is 1. The highest BCUT2D eigenvalue weighted by Gasteiger charge is 2.24. The van der Waals surface area contributed by atoms with E-state index in [4.69, 9.17) is 0 Å². The van der Waals surface area contributed by atoms with Gasteiger partial charge in [-0.25, -0.2) is 12.7 Å². The molecule has 0 aliphatic carbocycles. The Bertz CT molecular complexity index is 1090. The van der Waals surface area contributed by atoms with Crippen LogP contribution in [0.5, 0.6) is 0 Å². The van der Waals surface area contributed by atoms with Crippen LogP contribution < -0.4 is 5.32 Å². The van der Waals surface area contributed by atoms with E-state index in [0.717, 1.165) is 15.4 Å². The topological polar surface area (TPSA) is 90.0 Å². The molecule has 1 N–H and O–H groups in total. The maximum atomic E-state index is 12.6. The van der Waals surface area contributed by atoms with Crippen molar-refractivity contribution in [3.05, 3.63) is 65.2 Å². The number of benzene rings is 2. The third-order valence-corrected chi connectivity index (χ3v) is 7.82. The summed E-state index contributed by atoms with van der Waals surface area (Å²) in [7, 11) is -0.624. The summed E-state index contributed by atoms with van der Waals surface area (Å²) >= 11 is 0. The Labute approximate surface area is 196 Å². The highest BCUT2D eigenvalue weighted by molar-refractivity contribution is 7.89. The quantitative estimate of drug-likeness (QED) is 0.625. The first-order valence-electron chi connectivity index (χ1n) is 11.0. The average Bonchev–Trinajstić information content (AvgIpc) is 2.79. The second kappa shape index (κ2) is 10.9. The summed E-state index contributed by atoms with van der Waals surface area (Å²) < 4.78 is 26.2. The molecule has 2 amide bonds. The molecule has 0 saturated carbocycles. The molecule has 0 atom stereocenters. The molecule has 178 valence electrons. The number of hydrogen-bond acceptors (Lipinski definition) is 5. The van der Waals surface area contributed by atoms with Gasteiger partial charge in [-0.3, -0.25) is 14.5 Å². The first-order chi connectivity index (χ1) is 15.7. The van der Waals surface area contributed by atoms with Crippen molar-refractivity contribution < 1.29 is 18.0 Å². The smallest absolute Gasteiger partial charge is 0.242 e. The zero-order chi connectivity index (χ0) is 24.0. The lowest BCUT2D eigenvalue weighted by Gasteiger charge is -2.34. The van der Waals surface area contributed by atoms with Gasteiger partial charge in [0.25, 0.3) is 0 Å². The molecule has 2 aromatic rings. The van der Waals surface area contributed by atoms with E-state index in [0.29, 0.717) is 38.2 Å².